The Labute approximate surface area is 117 Å². The molecule has 1 N–H and O–H groups in total. The van der Waals surface area contributed by atoms with Gasteiger partial charge in [-0.15, -0.1) is 0 Å². The van der Waals surface area contributed by atoms with Gasteiger partial charge in [0, 0.05) is 12.1 Å². The molecule has 1 aromatic rings. The summed E-state index contributed by atoms with van der Waals surface area (Å²) >= 11 is 0. The summed E-state index contributed by atoms with van der Waals surface area (Å²) in [7, 11) is 0. The van der Waals surface area contributed by atoms with Crippen molar-refractivity contribution in [2.75, 3.05) is 6.61 Å². The summed E-state index contributed by atoms with van der Waals surface area (Å²) in [5.74, 6) is -0.299. The lowest BCUT2D eigenvalue weighted by molar-refractivity contribution is -0.142. The highest BCUT2D eigenvalue weighted by Gasteiger charge is 2.13. The number of hydrogen-bond acceptors (Lipinski definition) is 4. The number of esters is 1. The van der Waals surface area contributed by atoms with Gasteiger partial charge in [-0.1, -0.05) is 12.2 Å². The highest BCUT2D eigenvalue weighted by molar-refractivity contribution is 5.70. The van der Waals surface area contributed by atoms with E-state index in [1.165, 1.54) is 0 Å². The van der Waals surface area contributed by atoms with E-state index in [0.29, 0.717) is 17.7 Å². The molecule has 1 rings (SSSR count). The number of carbonyl (C=O) groups is 1. The fourth-order valence-corrected chi connectivity index (χ4v) is 1.96. The molecule has 5 heteroatoms. The third-order valence-corrected chi connectivity index (χ3v) is 3.08. The number of aromatic nitrogens is 1. The summed E-state index contributed by atoms with van der Waals surface area (Å²) in [6.07, 6.45) is 4.22. The third-order valence-electron chi connectivity index (χ3n) is 3.08. The summed E-state index contributed by atoms with van der Waals surface area (Å²) in [5.41, 5.74) is 1.86. The number of pyridine rings is 1. The molecule has 0 aliphatic carbocycles. The molecule has 20 heavy (non-hydrogen) atoms. The predicted molar refractivity (Wildman–Crippen MR) is 75.3 cm³/mol. The Balaban J connectivity index is 2.81. The number of aryl methyl sites for hydroxylation is 1. The third kappa shape index (κ3) is 3.82. The zero-order chi connectivity index (χ0) is 15.1. The molecule has 0 bridgehead atoms. The van der Waals surface area contributed by atoms with E-state index < -0.39 is 0 Å². The molecular weight excluding hydrogens is 256 g/mol. The summed E-state index contributed by atoms with van der Waals surface area (Å²) in [5, 5.41) is 8.97. The highest BCUT2D eigenvalue weighted by atomic mass is 16.5. The van der Waals surface area contributed by atoms with Crippen LogP contribution in [-0.4, -0.2) is 17.6 Å². The Bertz CT molecular complexity index is 621. The largest absolute Gasteiger partial charge is 0.461 e. The van der Waals surface area contributed by atoms with Gasteiger partial charge in [0.2, 0.25) is 0 Å². The number of hydrogen-bond donors (Lipinski definition) is 1. The van der Waals surface area contributed by atoms with Gasteiger partial charge in [-0.25, -0.2) is 0 Å². The first kappa shape index (κ1) is 15.7. The van der Waals surface area contributed by atoms with Crippen LogP contribution in [0.1, 0.15) is 35.7 Å². The lowest BCUT2D eigenvalue weighted by atomic mass is 9.99. The van der Waals surface area contributed by atoms with Gasteiger partial charge in [0.25, 0.3) is 5.56 Å². The number of allylic oxidation sites excluding steroid dienone is 1. The molecule has 0 aliphatic heterocycles. The molecule has 0 aromatic carbocycles. The number of carbonyl (C=O) groups excluding carboxylic acids is 1. The number of aromatic amines is 1. The molecule has 1 aromatic heterocycles. The molecule has 0 unspecified atom stereocenters. The van der Waals surface area contributed by atoms with Crippen LogP contribution >= 0.6 is 0 Å². The number of nitrogens with one attached hydrogen (secondary N) is 1. The number of nitriles is 1. The SMILES string of the molecule is C/C=C/COC(=O)CCc1c(C)[nH]c(=O)c(C#N)c1C. The fourth-order valence-electron chi connectivity index (χ4n) is 1.96. The van der Waals surface area contributed by atoms with E-state index in [1.807, 2.05) is 19.1 Å². The van der Waals surface area contributed by atoms with Crippen molar-refractivity contribution in [1.82, 2.24) is 4.98 Å². The standard InChI is InChI=1S/C15H18N2O3/c1-4-5-8-20-14(18)7-6-12-10(2)13(9-16)15(19)17-11(12)3/h4-5H,6-8H2,1-3H3,(H,17,19)/b5-4+. The van der Waals surface area contributed by atoms with Crippen LogP contribution in [0, 0.1) is 25.2 Å². The molecule has 0 amide bonds. The molecule has 0 saturated heterocycles. The number of H-pyrrole nitrogens is 1. The van der Waals surface area contributed by atoms with Crippen molar-refractivity contribution in [3.8, 4) is 6.07 Å². The Kier molecular flexibility index (Phi) is 5.73. The fraction of sp³-hybridized carbons (Fsp3) is 0.400. The molecule has 106 valence electrons. The van der Waals surface area contributed by atoms with Crippen molar-refractivity contribution in [2.45, 2.75) is 33.6 Å². The van der Waals surface area contributed by atoms with Crippen molar-refractivity contribution in [3.63, 3.8) is 0 Å². The Morgan fingerprint density at radius 1 is 1.45 bits per heavy atom. The molecular formula is C15H18N2O3. The van der Waals surface area contributed by atoms with E-state index in [1.54, 1.807) is 19.9 Å². The Hall–Kier alpha value is -2.35. The van der Waals surface area contributed by atoms with E-state index in [4.69, 9.17) is 10.00 Å². The zero-order valence-corrected chi connectivity index (χ0v) is 11.9. The van der Waals surface area contributed by atoms with Gasteiger partial charge in [-0.2, -0.15) is 5.26 Å². The maximum atomic E-state index is 11.6. The van der Waals surface area contributed by atoms with Crippen LogP contribution in [0.5, 0.6) is 0 Å². The molecule has 0 fully saturated rings. The van der Waals surface area contributed by atoms with Gasteiger partial charge in [-0.3, -0.25) is 9.59 Å². The van der Waals surface area contributed by atoms with Gasteiger partial charge < -0.3 is 9.72 Å². The van der Waals surface area contributed by atoms with E-state index in [2.05, 4.69) is 4.98 Å². The average molecular weight is 274 g/mol. The van der Waals surface area contributed by atoms with Crippen LogP contribution < -0.4 is 5.56 Å². The second kappa shape index (κ2) is 7.29. The van der Waals surface area contributed by atoms with E-state index in [-0.39, 0.29) is 30.1 Å². The lowest BCUT2D eigenvalue weighted by Gasteiger charge is -2.10. The van der Waals surface area contributed by atoms with Gasteiger partial charge in [0.15, 0.2) is 0 Å². The second-order valence-corrected chi connectivity index (χ2v) is 4.42. The molecule has 0 aliphatic rings. The summed E-state index contributed by atoms with van der Waals surface area (Å²) in [4.78, 5) is 25.8. The van der Waals surface area contributed by atoms with Gasteiger partial charge in [-0.05, 0) is 38.3 Å². The number of ether oxygens (including phenoxy) is 1. The van der Waals surface area contributed by atoms with Crippen LogP contribution in [0.4, 0.5) is 0 Å². The minimum absolute atomic E-state index is 0.105. The summed E-state index contributed by atoms with van der Waals surface area (Å²) in [6, 6.07) is 1.89. The van der Waals surface area contributed by atoms with Crippen molar-refractivity contribution in [1.29, 1.82) is 5.26 Å². The predicted octanol–water partition coefficient (Wildman–Crippen LogP) is 1.92. The normalized spacial score (nSPS) is 10.5. The molecule has 0 atom stereocenters. The monoisotopic (exact) mass is 274 g/mol. The van der Waals surface area contributed by atoms with Crippen LogP contribution in [0.25, 0.3) is 0 Å². The van der Waals surface area contributed by atoms with Gasteiger partial charge in [0.1, 0.15) is 18.2 Å². The Morgan fingerprint density at radius 2 is 2.15 bits per heavy atom. The van der Waals surface area contributed by atoms with Crippen molar-refractivity contribution >= 4 is 5.97 Å². The van der Waals surface area contributed by atoms with Crippen LogP contribution in [0.15, 0.2) is 16.9 Å². The minimum Gasteiger partial charge on any atom is -0.461 e. The van der Waals surface area contributed by atoms with Crippen molar-refractivity contribution < 1.29 is 9.53 Å². The smallest absolute Gasteiger partial charge is 0.306 e. The molecule has 0 radical (unpaired) electrons. The van der Waals surface area contributed by atoms with Crippen LogP contribution in [0.2, 0.25) is 0 Å². The maximum Gasteiger partial charge on any atom is 0.306 e. The van der Waals surface area contributed by atoms with E-state index >= 15 is 0 Å². The van der Waals surface area contributed by atoms with Gasteiger partial charge >= 0.3 is 5.97 Å². The van der Waals surface area contributed by atoms with Crippen molar-refractivity contribution in [3.05, 3.63) is 44.9 Å². The maximum absolute atomic E-state index is 11.6. The highest BCUT2D eigenvalue weighted by Crippen LogP contribution is 2.15. The second-order valence-electron chi connectivity index (χ2n) is 4.42. The quantitative estimate of drug-likeness (QED) is 0.656. The van der Waals surface area contributed by atoms with E-state index in [0.717, 1.165) is 5.56 Å². The summed E-state index contributed by atoms with van der Waals surface area (Å²) in [6.45, 7) is 5.60. The van der Waals surface area contributed by atoms with Crippen LogP contribution in [0.3, 0.4) is 0 Å². The number of nitrogens with zero attached hydrogens (tertiary/aromatic N) is 1. The molecule has 0 saturated carbocycles. The van der Waals surface area contributed by atoms with Gasteiger partial charge in [0.05, 0.1) is 0 Å². The topological polar surface area (TPSA) is 83.0 Å². The first-order valence-corrected chi connectivity index (χ1v) is 6.40. The lowest BCUT2D eigenvalue weighted by Crippen LogP contribution is -2.17. The molecule has 1 heterocycles. The van der Waals surface area contributed by atoms with Crippen LogP contribution in [-0.2, 0) is 16.0 Å². The molecule has 5 nitrogen and oxygen atoms in total. The van der Waals surface area contributed by atoms with Crippen molar-refractivity contribution in [2.24, 2.45) is 0 Å². The summed E-state index contributed by atoms with van der Waals surface area (Å²) < 4.78 is 5.00. The Morgan fingerprint density at radius 3 is 2.75 bits per heavy atom. The first-order valence-electron chi connectivity index (χ1n) is 6.40. The minimum atomic E-state index is -0.387. The van der Waals surface area contributed by atoms with E-state index in [9.17, 15) is 9.59 Å². The number of rotatable bonds is 5. The first-order chi connectivity index (χ1) is 9.51. The average Bonchev–Trinajstić information content (AvgIpc) is 2.38. The molecule has 0 spiro atoms. The zero-order valence-electron chi connectivity index (χ0n) is 11.9.